The van der Waals surface area contributed by atoms with Crippen molar-refractivity contribution >= 4 is 57.5 Å². The van der Waals surface area contributed by atoms with E-state index in [1.807, 2.05) is 12.1 Å². The maximum absolute atomic E-state index is 14.3. The van der Waals surface area contributed by atoms with Crippen LogP contribution in [-0.4, -0.2) is 11.6 Å². The Labute approximate surface area is 295 Å². The number of fused-ring (bicyclic) bond motifs is 7. The molecule has 8 rings (SSSR count). The lowest BCUT2D eigenvalue weighted by Gasteiger charge is -2.24. The van der Waals surface area contributed by atoms with Crippen molar-refractivity contribution in [3.8, 4) is 34.0 Å². The highest BCUT2D eigenvalue weighted by Crippen LogP contribution is 2.62. The molecule has 4 aromatic rings. The lowest BCUT2D eigenvalue weighted by atomic mass is 9.78. The number of hydrogen-bond acceptors (Lipinski definition) is 8. The van der Waals surface area contributed by atoms with Crippen LogP contribution in [-0.2, 0) is 5.41 Å². The first-order chi connectivity index (χ1) is 24.5. The van der Waals surface area contributed by atoms with Crippen LogP contribution >= 0.6 is 22.7 Å². The molecular formula is C39H16F4N4O2S2. The Kier molecular flexibility index (Phi) is 7.19. The molecular weight excluding hydrogens is 697 g/mol. The van der Waals surface area contributed by atoms with Crippen LogP contribution in [0.1, 0.15) is 78.4 Å². The molecule has 0 radical (unpaired) electrons. The number of ketones is 2. The van der Waals surface area contributed by atoms with Gasteiger partial charge >= 0.3 is 0 Å². The molecule has 4 aliphatic rings. The maximum Gasteiger partial charge on any atom is 0.194 e. The molecule has 4 aliphatic carbocycles. The average Bonchev–Trinajstić information content (AvgIpc) is 3.96. The van der Waals surface area contributed by atoms with Gasteiger partial charge in [0, 0.05) is 58.3 Å². The van der Waals surface area contributed by atoms with Crippen LogP contribution < -0.4 is 0 Å². The second-order valence-corrected chi connectivity index (χ2v) is 14.6. The van der Waals surface area contributed by atoms with E-state index in [1.165, 1.54) is 22.7 Å². The van der Waals surface area contributed by atoms with Gasteiger partial charge in [-0.2, -0.15) is 21.0 Å². The minimum atomic E-state index is -1.23. The number of carbonyl (C=O) groups is 2. The van der Waals surface area contributed by atoms with Gasteiger partial charge in [0.1, 0.15) is 35.4 Å². The molecule has 0 aliphatic heterocycles. The molecule has 0 amide bonds. The van der Waals surface area contributed by atoms with Crippen molar-refractivity contribution in [3.05, 3.63) is 125 Å². The van der Waals surface area contributed by atoms with E-state index < -0.39 is 46.0 Å². The van der Waals surface area contributed by atoms with Crippen LogP contribution in [0.3, 0.4) is 0 Å². The molecule has 2 aromatic carbocycles. The number of halogens is 4. The summed E-state index contributed by atoms with van der Waals surface area (Å²) in [5, 5.41) is 38.8. The molecule has 0 bridgehead atoms. The van der Waals surface area contributed by atoms with Gasteiger partial charge in [-0.15, -0.1) is 22.7 Å². The zero-order chi connectivity index (χ0) is 35.9. The molecule has 1 fully saturated rings. The Bertz CT molecular complexity index is 2460. The van der Waals surface area contributed by atoms with Crippen molar-refractivity contribution in [3.63, 3.8) is 0 Å². The molecule has 6 nitrogen and oxygen atoms in total. The van der Waals surface area contributed by atoms with E-state index in [1.54, 1.807) is 36.4 Å². The summed E-state index contributed by atoms with van der Waals surface area (Å²) in [6.07, 6.45) is 6.59. The number of nitriles is 4. The third-order valence-corrected chi connectivity index (χ3v) is 12.2. The van der Waals surface area contributed by atoms with E-state index in [0.29, 0.717) is 9.75 Å². The van der Waals surface area contributed by atoms with Gasteiger partial charge in [-0.25, -0.2) is 17.6 Å². The molecule has 51 heavy (non-hydrogen) atoms. The first-order valence-corrected chi connectivity index (χ1v) is 17.1. The number of nitrogens with zero attached hydrogens (tertiary/aromatic N) is 4. The van der Waals surface area contributed by atoms with Crippen LogP contribution in [0.25, 0.3) is 33.1 Å². The summed E-state index contributed by atoms with van der Waals surface area (Å²) in [6, 6.07) is 14.2. The summed E-state index contributed by atoms with van der Waals surface area (Å²) in [6.45, 7) is 0. The number of carbonyl (C=O) groups excluding carboxylic acids is 2. The first kappa shape index (κ1) is 32.0. The quantitative estimate of drug-likeness (QED) is 0.116. The number of thiophene rings is 2. The van der Waals surface area contributed by atoms with Crippen LogP contribution in [0.15, 0.2) is 58.7 Å². The summed E-state index contributed by atoms with van der Waals surface area (Å²) in [4.78, 5) is 30.2. The van der Waals surface area contributed by atoms with Gasteiger partial charge in [-0.1, -0.05) is 12.8 Å². The predicted molar refractivity (Wildman–Crippen MR) is 181 cm³/mol. The molecule has 0 unspecified atom stereocenters. The van der Waals surface area contributed by atoms with Crippen molar-refractivity contribution in [1.82, 2.24) is 0 Å². The Hall–Kier alpha value is -6.18. The van der Waals surface area contributed by atoms with Crippen molar-refractivity contribution in [1.29, 1.82) is 21.0 Å². The Morgan fingerprint density at radius 2 is 0.941 bits per heavy atom. The molecule has 1 saturated carbocycles. The Balaban J connectivity index is 1.27. The monoisotopic (exact) mass is 712 g/mol. The van der Waals surface area contributed by atoms with Crippen molar-refractivity contribution in [2.75, 3.05) is 0 Å². The van der Waals surface area contributed by atoms with Gasteiger partial charge in [-0.3, -0.25) is 9.59 Å². The number of hydrogen-bond donors (Lipinski definition) is 0. The van der Waals surface area contributed by atoms with Crippen molar-refractivity contribution in [2.24, 2.45) is 0 Å². The highest BCUT2D eigenvalue weighted by atomic mass is 32.1. The summed E-state index contributed by atoms with van der Waals surface area (Å²) in [5.41, 5.74) is 0.338. The SMILES string of the molecule is N#CC(C#N)=C1/C(=C/c2cc3c(s2)-c2sc(/C=C4\C(=O)c5cc(F)c(F)cc5C4=C(C#N)C#N)cc2C32CCCC2)C(=O)c2cc(F)c(F)cc21. The summed E-state index contributed by atoms with van der Waals surface area (Å²) in [7, 11) is 0. The van der Waals surface area contributed by atoms with E-state index in [4.69, 9.17) is 0 Å². The largest absolute Gasteiger partial charge is 0.289 e. The lowest BCUT2D eigenvalue weighted by Crippen LogP contribution is -2.19. The smallest absolute Gasteiger partial charge is 0.194 e. The maximum atomic E-state index is 14.3. The third-order valence-electron chi connectivity index (χ3n) is 9.89. The van der Waals surface area contributed by atoms with Crippen molar-refractivity contribution < 1.29 is 27.2 Å². The van der Waals surface area contributed by atoms with Crippen LogP contribution in [0, 0.1) is 68.6 Å². The molecule has 2 heterocycles. The highest BCUT2D eigenvalue weighted by molar-refractivity contribution is 7.23. The van der Waals surface area contributed by atoms with E-state index in [0.717, 1.165) is 70.8 Å². The standard InChI is InChI=1S/C39H16F4N4O2S2/c40-29-9-21-23(11-31(29)42)35(48)25(33(21)17(13-44)14-45)5-19-7-27-37(50-19)38-28(39(27)3-1-2-4-39)8-20(51-38)6-26-34(18(15-46)16-47)22-10-30(41)32(43)12-24(22)36(26)49/h5-12H,1-4H2/b25-5-,26-6-. The summed E-state index contributed by atoms with van der Waals surface area (Å²) < 4.78 is 57.0. The molecule has 244 valence electrons. The molecule has 0 saturated heterocycles. The summed E-state index contributed by atoms with van der Waals surface area (Å²) in [5.74, 6) is -6.17. The molecule has 1 spiro atoms. The van der Waals surface area contributed by atoms with E-state index in [-0.39, 0.29) is 50.0 Å². The minimum absolute atomic E-state index is 0.0254. The second kappa shape index (κ2) is 11.4. The Morgan fingerprint density at radius 3 is 1.29 bits per heavy atom. The van der Waals surface area contributed by atoms with Crippen LogP contribution in [0.4, 0.5) is 17.6 Å². The number of Topliss-reactive ketones (excluding diaryl/α,β-unsaturated/α-hetero) is 2. The lowest BCUT2D eigenvalue weighted by molar-refractivity contribution is 0.103. The van der Waals surface area contributed by atoms with Gasteiger partial charge in [-0.05, 0) is 83.6 Å². The number of rotatable bonds is 2. The molecule has 0 N–H and O–H groups in total. The molecule has 0 atom stereocenters. The number of allylic oxidation sites excluding steroid dienone is 6. The fraction of sp³-hybridized carbons (Fsp3) is 0.128. The van der Waals surface area contributed by atoms with Gasteiger partial charge in [0.2, 0.25) is 0 Å². The predicted octanol–water partition coefficient (Wildman–Crippen LogP) is 9.37. The third kappa shape index (κ3) is 4.48. The van der Waals surface area contributed by atoms with Gasteiger partial charge in [0.15, 0.2) is 34.8 Å². The van der Waals surface area contributed by atoms with Crippen LogP contribution in [0.2, 0.25) is 0 Å². The number of benzene rings is 2. The highest BCUT2D eigenvalue weighted by Gasteiger charge is 2.48. The van der Waals surface area contributed by atoms with E-state index in [9.17, 15) is 48.2 Å². The first-order valence-electron chi connectivity index (χ1n) is 15.5. The van der Waals surface area contributed by atoms with Gasteiger partial charge in [0.05, 0.1) is 0 Å². The zero-order valence-corrected chi connectivity index (χ0v) is 27.5. The van der Waals surface area contributed by atoms with Crippen molar-refractivity contribution in [2.45, 2.75) is 31.1 Å². The molecule has 2 aromatic heterocycles. The fourth-order valence-corrected chi connectivity index (χ4v) is 10.3. The van der Waals surface area contributed by atoms with Gasteiger partial charge < -0.3 is 0 Å². The second-order valence-electron chi connectivity index (χ2n) is 12.4. The fourth-order valence-electron chi connectivity index (χ4n) is 7.74. The minimum Gasteiger partial charge on any atom is -0.289 e. The molecule has 12 heteroatoms. The van der Waals surface area contributed by atoms with E-state index >= 15 is 0 Å². The summed E-state index contributed by atoms with van der Waals surface area (Å²) >= 11 is 2.74. The van der Waals surface area contributed by atoms with E-state index in [2.05, 4.69) is 0 Å². The topological polar surface area (TPSA) is 129 Å². The van der Waals surface area contributed by atoms with Crippen LogP contribution in [0.5, 0.6) is 0 Å². The average molecular weight is 713 g/mol. The normalized spacial score (nSPS) is 17.6. The zero-order valence-electron chi connectivity index (χ0n) is 25.9. The Morgan fingerprint density at radius 1 is 0.588 bits per heavy atom. The van der Waals surface area contributed by atoms with Gasteiger partial charge in [0.25, 0.3) is 0 Å².